The predicted octanol–water partition coefficient (Wildman–Crippen LogP) is 2.95. The van der Waals surface area contributed by atoms with Crippen LogP contribution in [0.2, 0.25) is 5.02 Å². The van der Waals surface area contributed by atoms with Crippen LogP contribution < -0.4 is 10.6 Å². The number of nitriles is 1. The maximum atomic E-state index is 12.2. The summed E-state index contributed by atoms with van der Waals surface area (Å²) in [6.07, 6.45) is 1.00. The number of rotatable bonds is 6. The van der Waals surface area contributed by atoms with Gasteiger partial charge in [0.1, 0.15) is 11.6 Å². The number of anilines is 2. The fraction of sp³-hybridized carbons (Fsp3) is 0. The summed E-state index contributed by atoms with van der Waals surface area (Å²) in [4.78, 5) is 22.0. The van der Waals surface area contributed by atoms with E-state index in [4.69, 9.17) is 21.4 Å². The Morgan fingerprint density at radius 2 is 2.00 bits per heavy atom. The van der Waals surface area contributed by atoms with Crippen molar-refractivity contribution in [2.75, 3.05) is 10.6 Å². The van der Waals surface area contributed by atoms with Gasteiger partial charge < -0.3 is 10.6 Å². The Morgan fingerprint density at radius 1 is 1.29 bits per heavy atom. The first-order valence-electron chi connectivity index (χ1n) is 7.31. The first-order chi connectivity index (χ1) is 13.1. The molecule has 0 radical (unpaired) electrons. The van der Waals surface area contributed by atoms with Crippen LogP contribution in [0.1, 0.15) is 0 Å². The topological polar surface area (TPSA) is 162 Å². The third-order valence-electron chi connectivity index (χ3n) is 3.29. The standard InChI is InChI=1S/C16H11ClN4O6S/c17-14-5-4-12(21(23)24)7-15(14)20-16(22)10(8-18)9-19-11-2-1-3-13(6-11)28(25,26)27/h1-7,9,19H,(H,20,22)(H,25,26,27)/b10-9-. The van der Waals surface area contributed by atoms with Gasteiger partial charge in [-0.25, -0.2) is 0 Å². The minimum absolute atomic E-state index is 0.0325. The van der Waals surface area contributed by atoms with Gasteiger partial charge in [-0.2, -0.15) is 13.7 Å². The molecule has 144 valence electrons. The lowest BCUT2D eigenvalue weighted by atomic mass is 10.2. The fourth-order valence-corrected chi connectivity index (χ4v) is 2.65. The summed E-state index contributed by atoms with van der Waals surface area (Å²) >= 11 is 5.89. The monoisotopic (exact) mass is 422 g/mol. The summed E-state index contributed by atoms with van der Waals surface area (Å²) in [5.41, 5.74) is -0.596. The number of nitrogens with zero attached hydrogens (tertiary/aromatic N) is 2. The first-order valence-corrected chi connectivity index (χ1v) is 9.13. The molecule has 0 saturated carbocycles. The van der Waals surface area contributed by atoms with Crippen molar-refractivity contribution in [1.29, 1.82) is 5.26 Å². The highest BCUT2D eigenvalue weighted by Crippen LogP contribution is 2.27. The maximum Gasteiger partial charge on any atom is 0.294 e. The highest BCUT2D eigenvalue weighted by molar-refractivity contribution is 7.85. The van der Waals surface area contributed by atoms with Crippen molar-refractivity contribution in [3.8, 4) is 6.07 Å². The molecule has 0 bridgehead atoms. The van der Waals surface area contributed by atoms with Crippen molar-refractivity contribution < 1.29 is 22.7 Å². The van der Waals surface area contributed by atoms with Gasteiger partial charge in [-0.05, 0) is 24.3 Å². The number of amides is 1. The van der Waals surface area contributed by atoms with Gasteiger partial charge in [0.05, 0.1) is 20.5 Å². The lowest BCUT2D eigenvalue weighted by Crippen LogP contribution is -2.15. The quantitative estimate of drug-likeness (QED) is 0.210. The Bertz CT molecular complexity index is 1120. The average Bonchev–Trinajstić information content (AvgIpc) is 2.63. The summed E-state index contributed by atoms with van der Waals surface area (Å²) in [5, 5.41) is 24.8. The average molecular weight is 423 g/mol. The molecule has 28 heavy (non-hydrogen) atoms. The van der Waals surface area contributed by atoms with E-state index in [1.54, 1.807) is 6.07 Å². The summed E-state index contributed by atoms with van der Waals surface area (Å²) < 4.78 is 31.3. The number of nitro groups is 1. The zero-order valence-electron chi connectivity index (χ0n) is 13.8. The molecule has 0 spiro atoms. The lowest BCUT2D eigenvalue weighted by molar-refractivity contribution is -0.384. The van der Waals surface area contributed by atoms with Crippen LogP contribution >= 0.6 is 11.6 Å². The second-order valence-corrected chi connectivity index (χ2v) is 7.02. The fourth-order valence-electron chi connectivity index (χ4n) is 1.96. The summed E-state index contributed by atoms with van der Waals surface area (Å²) in [6.45, 7) is 0. The molecule has 0 atom stereocenters. The number of carbonyl (C=O) groups excluding carboxylic acids is 1. The van der Waals surface area contributed by atoms with Crippen LogP contribution in [0.15, 0.2) is 59.1 Å². The molecule has 2 rings (SSSR count). The minimum Gasteiger partial charge on any atom is -0.360 e. The second-order valence-electron chi connectivity index (χ2n) is 5.19. The largest absolute Gasteiger partial charge is 0.360 e. The third kappa shape index (κ3) is 5.27. The smallest absolute Gasteiger partial charge is 0.294 e. The molecule has 3 N–H and O–H groups in total. The molecule has 1 amide bonds. The van der Waals surface area contributed by atoms with E-state index in [-0.39, 0.29) is 27.0 Å². The highest BCUT2D eigenvalue weighted by atomic mass is 35.5. The van der Waals surface area contributed by atoms with Crippen LogP contribution in [0, 0.1) is 21.4 Å². The third-order valence-corrected chi connectivity index (χ3v) is 4.47. The van der Waals surface area contributed by atoms with Crippen LogP contribution in [0.3, 0.4) is 0 Å². The summed E-state index contributed by atoms with van der Waals surface area (Å²) in [5.74, 6) is -0.900. The van der Waals surface area contributed by atoms with Crippen LogP contribution in [0.4, 0.5) is 17.1 Å². The molecular weight excluding hydrogens is 412 g/mol. The van der Waals surface area contributed by atoms with Crippen molar-refractivity contribution in [2.45, 2.75) is 4.90 Å². The second kappa shape index (κ2) is 8.49. The molecule has 0 heterocycles. The Kier molecular flexibility index (Phi) is 6.32. The van der Waals surface area contributed by atoms with Crippen molar-refractivity contribution >= 4 is 44.7 Å². The molecular formula is C16H11ClN4O6S. The van der Waals surface area contributed by atoms with E-state index < -0.39 is 26.5 Å². The van der Waals surface area contributed by atoms with Crippen LogP contribution in [0.5, 0.6) is 0 Å². The van der Waals surface area contributed by atoms with Crippen LogP contribution in [-0.4, -0.2) is 23.8 Å². The molecule has 0 aliphatic rings. The van der Waals surface area contributed by atoms with Gasteiger partial charge in [0.15, 0.2) is 0 Å². The van der Waals surface area contributed by atoms with Crippen LogP contribution in [-0.2, 0) is 14.9 Å². The van der Waals surface area contributed by atoms with E-state index in [1.807, 2.05) is 0 Å². The molecule has 0 saturated heterocycles. The lowest BCUT2D eigenvalue weighted by Gasteiger charge is -2.07. The SMILES string of the molecule is N#C/C(=C/Nc1cccc(S(=O)(=O)O)c1)C(=O)Nc1cc([N+](=O)[O-])ccc1Cl. The van der Waals surface area contributed by atoms with Gasteiger partial charge in [-0.3, -0.25) is 19.5 Å². The summed E-state index contributed by atoms with van der Waals surface area (Å²) in [6, 6.07) is 10.1. The number of hydrogen-bond acceptors (Lipinski definition) is 7. The van der Waals surface area contributed by atoms with E-state index in [0.29, 0.717) is 0 Å². The Labute approximate surface area is 163 Å². The number of hydrogen-bond donors (Lipinski definition) is 3. The molecule has 2 aromatic rings. The number of carbonyl (C=O) groups is 1. The first kappa shape index (κ1) is 20.8. The molecule has 2 aromatic carbocycles. The van der Waals surface area contributed by atoms with E-state index in [0.717, 1.165) is 30.5 Å². The van der Waals surface area contributed by atoms with E-state index >= 15 is 0 Å². The summed E-state index contributed by atoms with van der Waals surface area (Å²) in [7, 11) is -4.42. The van der Waals surface area contributed by atoms with Gasteiger partial charge in [0.2, 0.25) is 0 Å². The van der Waals surface area contributed by atoms with Crippen molar-refractivity contribution in [3.05, 3.63) is 69.4 Å². The molecule has 12 heteroatoms. The number of nitro benzene ring substituents is 1. The Balaban J connectivity index is 2.22. The van der Waals surface area contributed by atoms with Gasteiger partial charge in [0.25, 0.3) is 21.7 Å². The van der Waals surface area contributed by atoms with Gasteiger partial charge in [0, 0.05) is 24.0 Å². The van der Waals surface area contributed by atoms with E-state index in [2.05, 4.69) is 10.6 Å². The van der Waals surface area contributed by atoms with Crippen LogP contribution in [0.25, 0.3) is 0 Å². The molecule has 0 aromatic heterocycles. The van der Waals surface area contributed by atoms with E-state index in [9.17, 15) is 23.3 Å². The zero-order valence-corrected chi connectivity index (χ0v) is 15.4. The number of benzene rings is 2. The molecule has 0 unspecified atom stereocenters. The predicted molar refractivity (Wildman–Crippen MR) is 100 cm³/mol. The Hall–Kier alpha value is -3.46. The minimum atomic E-state index is -4.42. The van der Waals surface area contributed by atoms with E-state index in [1.165, 1.54) is 18.2 Å². The van der Waals surface area contributed by atoms with Gasteiger partial charge in [-0.1, -0.05) is 17.7 Å². The maximum absolute atomic E-state index is 12.2. The number of nitrogens with one attached hydrogen (secondary N) is 2. The molecule has 0 fully saturated rings. The van der Waals surface area contributed by atoms with Crippen molar-refractivity contribution in [2.24, 2.45) is 0 Å². The highest BCUT2D eigenvalue weighted by Gasteiger charge is 2.15. The van der Waals surface area contributed by atoms with Crippen molar-refractivity contribution in [3.63, 3.8) is 0 Å². The number of non-ortho nitro benzene ring substituents is 1. The molecule has 10 nitrogen and oxygen atoms in total. The van der Waals surface area contributed by atoms with Gasteiger partial charge in [-0.15, -0.1) is 0 Å². The molecule has 0 aliphatic heterocycles. The molecule has 0 aliphatic carbocycles. The van der Waals surface area contributed by atoms with Crippen molar-refractivity contribution in [1.82, 2.24) is 0 Å². The Morgan fingerprint density at radius 3 is 2.61 bits per heavy atom. The zero-order chi connectivity index (χ0) is 20.9. The normalized spacial score (nSPS) is 11.4. The number of halogens is 1. The van der Waals surface area contributed by atoms with Gasteiger partial charge >= 0.3 is 0 Å².